The average Bonchev–Trinajstić information content (AvgIpc) is 3.19. The molecule has 0 saturated carbocycles. The lowest BCUT2D eigenvalue weighted by atomic mass is 10.2. The normalized spacial score (nSPS) is 22.4. The van der Waals surface area contributed by atoms with E-state index in [9.17, 15) is 14.0 Å². The van der Waals surface area contributed by atoms with Crippen LogP contribution in [0.25, 0.3) is 0 Å². The van der Waals surface area contributed by atoms with Gasteiger partial charge in [0.05, 0.1) is 30.6 Å². The molecule has 0 aromatic heterocycles. The molecule has 8 nitrogen and oxygen atoms in total. The molecule has 0 radical (unpaired) electrons. The highest BCUT2D eigenvalue weighted by atomic mass is 19.1. The maximum absolute atomic E-state index is 14.7. The summed E-state index contributed by atoms with van der Waals surface area (Å²) in [6, 6.07) is 4.41. The van der Waals surface area contributed by atoms with Crippen molar-refractivity contribution in [2.24, 2.45) is 0 Å². The SMILES string of the molecule is CC(C)(C)OC(=O)N[C@H]1CCN(c2ccc(N3C[C@H](CO)OC3=O)cc2F)C1. The minimum absolute atomic E-state index is 0.132. The Balaban J connectivity index is 1.62. The molecule has 0 aliphatic carbocycles. The topological polar surface area (TPSA) is 91.3 Å². The number of amides is 2. The Bertz CT molecular complexity index is 752. The second kappa shape index (κ2) is 7.83. The van der Waals surface area contributed by atoms with Crippen LogP contribution in [0.1, 0.15) is 27.2 Å². The minimum atomic E-state index is -0.603. The van der Waals surface area contributed by atoms with Crippen molar-refractivity contribution in [2.75, 3.05) is 36.0 Å². The van der Waals surface area contributed by atoms with Crippen LogP contribution >= 0.6 is 0 Å². The number of carbonyl (C=O) groups is 2. The average molecular weight is 395 g/mol. The van der Waals surface area contributed by atoms with Crippen molar-refractivity contribution < 1.29 is 28.6 Å². The summed E-state index contributed by atoms with van der Waals surface area (Å²) in [6.07, 6.45) is -1.01. The summed E-state index contributed by atoms with van der Waals surface area (Å²) >= 11 is 0. The third-order valence-electron chi connectivity index (χ3n) is 4.57. The molecule has 2 N–H and O–H groups in total. The van der Waals surface area contributed by atoms with E-state index < -0.39 is 29.7 Å². The maximum atomic E-state index is 14.7. The monoisotopic (exact) mass is 395 g/mol. The molecule has 2 amide bonds. The van der Waals surface area contributed by atoms with Crippen LogP contribution in [0.3, 0.4) is 0 Å². The van der Waals surface area contributed by atoms with Crippen LogP contribution in [-0.4, -0.2) is 61.3 Å². The molecule has 28 heavy (non-hydrogen) atoms. The molecule has 2 atom stereocenters. The van der Waals surface area contributed by atoms with Gasteiger partial charge in [-0.2, -0.15) is 0 Å². The molecular formula is C19H26FN3O5. The number of benzene rings is 1. The second-order valence-corrected chi connectivity index (χ2v) is 8.01. The Labute approximate surface area is 163 Å². The lowest BCUT2D eigenvalue weighted by Crippen LogP contribution is -2.40. The largest absolute Gasteiger partial charge is 0.444 e. The highest BCUT2D eigenvalue weighted by Gasteiger charge is 2.33. The number of carbonyl (C=O) groups excluding carboxylic acids is 2. The van der Waals surface area contributed by atoms with Gasteiger partial charge in [0.15, 0.2) is 0 Å². The van der Waals surface area contributed by atoms with Crippen LogP contribution in [0.15, 0.2) is 18.2 Å². The predicted octanol–water partition coefficient (Wildman–Crippen LogP) is 2.25. The number of hydrogen-bond acceptors (Lipinski definition) is 6. The highest BCUT2D eigenvalue weighted by molar-refractivity contribution is 5.90. The first-order valence-corrected chi connectivity index (χ1v) is 9.29. The van der Waals surface area contributed by atoms with Gasteiger partial charge in [0.1, 0.15) is 17.5 Å². The highest BCUT2D eigenvalue weighted by Crippen LogP contribution is 2.29. The number of anilines is 2. The van der Waals surface area contributed by atoms with E-state index in [0.29, 0.717) is 30.9 Å². The molecule has 0 bridgehead atoms. The number of alkyl carbamates (subject to hydrolysis) is 1. The Morgan fingerprint density at radius 3 is 2.75 bits per heavy atom. The first kappa shape index (κ1) is 20.2. The summed E-state index contributed by atoms with van der Waals surface area (Å²) in [4.78, 5) is 26.9. The van der Waals surface area contributed by atoms with Crippen molar-refractivity contribution in [2.45, 2.75) is 44.9 Å². The van der Waals surface area contributed by atoms with E-state index in [4.69, 9.17) is 14.6 Å². The summed E-state index contributed by atoms with van der Waals surface area (Å²) in [6.45, 7) is 6.35. The fraction of sp³-hybridized carbons (Fsp3) is 0.579. The van der Waals surface area contributed by atoms with Crippen LogP contribution in [0.4, 0.5) is 25.4 Å². The summed E-state index contributed by atoms with van der Waals surface area (Å²) in [5.74, 6) is -0.462. The summed E-state index contributed by atoms with van der Waals surface area (Å²) in [7, 11) is 0. The molecule has 2 fully saturated rings. The van der Waals surface area contributed by atoms with Crippen molar-refractivity contribution in [1.82, 2.24) is 5.32 Å². The Kier molecular flexibility index (Phi) is 5.64. The molecule has 2 aliphatic heterocycles. The summed E-state index contributed by atoms with van der Waals surface area (Å²) < 4.78 is 24.9. The molecule has 3 rings (SSSR count). The van der Waals surface area contributed by atoms with Crippen LogP contribution in [0, 0.1) is 5.82 Å². The zero-order valence-electron chi connectivity index (χ0n) is 16.3. The van der Waals surface area contributed by atoms with Crippen LogP contribution in [-0.2, 0) is 9.47 Å². The van der Waals surface area contributed by atoms with E-state index in [-0.39, 0.29) is 19.2 Å². The quantitative estimate of drug-likeness (QED) is 0.813. The fourth-order valence-corrected chi connectivity index (χ4v) is 3.32. The number of ether oxygens (including phenoxy) is 2. The Morgan fingerprint density at radius 1 is 1.39 bits per heavy atom. The number of cyclic esters (lactones) is 1. The smallest absolute Gasteiger partial charge is 0.414 e. The first-order chi connectivity index (χ1) is 13.2. The molecule has 1 aromatic carbocycles. The van der Waals surface area contributed by atoms with Gasteiger partial charge in [0, 0.05) is 13.1 Å². The van der Waals surface area contributed by atoms with Crippen molar-refractivity contribution >= 4 is 23.6 Å². The molecule has 9 heteroatoms. The second-order valence-electron chi connectivity index (χ2n) is 8.01. The number of rotatable bonds is 4. The van der Waals surface area contributed by atoms with E-state index >= 15 is 0 Å². The molecule has 154 valence electrons. The number of hydrogen-bond donors (Lipinski definition) is 2. The van der Waals surface area contributed by atoms with Gasteiger partial charge in [-0.05, 0) is 45.4 Å². The van der Waals surface area contributed by atoms with E-state index in [2.05, 4.69) is 5.32 Å². The van der Waals surface area contributed by atoms with Crippen LogP contribution in [0.2, 0.25) is 0 Å². The predicted molar refractivity (Wildman–Crippen MR) is 101 cm³/mol. The number of nitrogens with zero attached hydrogens (tertiary/aromatic N) is 2. The van der Waals surface area contributed by atoms with Gasteiger partial charge >= 0.3 is 12.2 Å². The number of aliphatic hydroxyl groups excluding tert-OH is 1. The number of nitrogens with one attached hydrogen (secondary N) is 1. The van der Waals surface area contributed by atoms with Gasteiger partial charge < -0.3 is 24.8 Å². The van der Waals surface area contributed by atoms with Crippen molar-refractivity contribution in [3.05, 3.63) is 24.0 Å². The summed E-state index contributed by atoms with van der Waals surface area (Å²) in [5, 5.41) is 11.9. The van der Waals surface area contributed by atoms with Gasteiger partial charge in [-0.15, -0.1) is 0 Å². The molecule has 2 aliphatic rings. The maximum Gasteiger partial charge on any atom is 0.414 e. The minimum Gasteiger partial charge on any atom is -0.444 e. The molecule has 2 heterocycles. The molecule has 1 aromatic rings. The molecular weight excluding hydrogens is 369 g/mol. The van der Waals surface area contributed by atoms with Crippen LogP contribution in [0.5, 0.6) is 0 Å². The van der Waals surface area contributed by atoms with E-state index in [1.807, 2.05) is 4.90 Å². The summed E-state index contributed by atoms with van der Waals surface area (Å²) in [5.41, 5.74) is 0.212. The zero-order chi connectivity index (χ0) is 20.5. The first-order valence-electron chi connectivity index (χ1n) is 9.29. The number of aliphatic hydroxyl groups is 1. The Hall–Kier alpha value is -2.55. The number of halogens is 1. The van der Waals surface area contributed by atoms with Gasteiger partial charge in [-0.1, -0.05) is 0 Å². The molecule has 0 spiro atoms. The zero-order valence-corrected chi connectivity index (χ0v) is 16.3. The van der Waals surface area contributed by atoms with Crippen molar-refractivity contribution in [3.63, 3.8) is 0 Å². The Morgan fingerprint density at radius 2 is 2.14 bits per heavy atom. The van der Waals surface area contributed by atoms with Gasteiger partial charge in [0.2, 0.25) is 0 Å². The van der Waals surface area contributed by atoms with E-state index in [1.165, 1.54) is 11.0 Å². The molecule has 2 saturated heterocycles. The van der Waals surface area contributed by atoms with Crippen molar-refractivity contribution in [3.8, 4) is 0 Å². The van der Waals surface area contributed by atoms with Crippen molar-refractivity contribution in [1.29, 1.82) is 0 Å². The third kappa shape index (κ3) is 4.64. The van der Waals surface area contributed by atoms with Gasteiger partial charge in [0.25, 0.3) is 0 Å². The third-order valence-corrected chi connectivity index (χ3v) is 4.57. The lowest BCUT2D eigenvalue weighted by Gasteiger charge is -2.23. The van der Waals surface area contributed by atoms with Crippen LogP contribution < -0.4 is 15.1 Å². The standard InChI is InChI=1S/C19H26FN3O5/c1-19(2,3)28-17(25)21-12-6-7-22(9-12)16-5-4-13(8-15(16)20)23-10-14(11-24)27-18(23)26/h4-5,8,12,14,24H,6-7,9-11H2,1-3H3,(H,21,25)/t12-,14+/m0/s1. The van der Waals surface area contributed by atoms with E-state index in [1.54, 1.807) is 32.9 Å². The lowest BCUT2D eigenvalue weighted by molar-refractivity contribution is 0.0509. The van der Waals surface area contributed by atoms with E-state index in [0.717, 1.165) is 0 Å². The van der Waals surface area contributed by atoms with Gasteiger partial charge in [-0.3, -0.25) is 4.90 Å². The molecule has 0 unspecified atom stereocenters. The van der Waals surface area contributed by atoms with Gasteiger partial charge in [-0.25, -0.2) is 14.0 Å². The fourth-order valence-electron chi connectivity index (χ4n) is 3.32.